The predicted molar refractivity (Wildman–Crippen MR) is 68.1 cm³/mol. The molecule has 1 saturated carbocycles. The van der Waals surface area contributed by atoms with Crippen LogP contribution in [0.15, 0.2) is 0 Å². The minimum absolute atomic E-state index is 0.253. The molecule has 2 N–H and O–H groups in total. The Morgan fingerprint density at radius 2 is 2.06 bits per heavy atom. The van der Waals surface area contributed by atoms with Gasteiger partial charge in [0, 0.05) is 31.7 Å². The smallest absolute Gasteiger partial charge is 0.0791 e. The van der Waals surface area contributed by atoms with Crippen LogP contribution < -0.4 is 5.32 Å². The van der Waals surface area contributed by atoms with Crippen LogP contribution in [-0.4, -0.2) is 61.0 Å². The van der Waals surface area contributed by atoms with Crippen molar-refractivity contribution in [3.8, 4) is 0 Å². The van der Waals surface area contributed by atoms with Crippen molar-refractivity contribution in [3.05, 3.63) is 0 Å². The van der Waals surface area contributed by atoms with Gasteiger partial charge in [-0.2, -0.15) is 0 Å². The van der Waals surface area contributed by atoms with Crippen molar-refractivity contribution in [2.24, 2.45) is 0 Å². The minimum atomic E-state index is -0.253. The summed E-state index contributed by atoms with van der Waals surface area (Å²) in [6.45, 7) is 7.26. The summed E-state index contributed by atoms with van der Waals surface area (Å²) >= 11 is 0. The van der Waals surface area contributed by atoms with Gasteiger partial charge in [0.2, 0.25) is 0 Å². The molecule has 2 aliphatic rings. The van der Waals surface area contributed by atoms with Crippen molar-refractivity contribution in [2.75, 3.05) is 39.4 Å². The molecule has 2 fully saturated rings. The average Bonchev–Trinajstić information content (AvgIpc) is 2.29. The van der Waals surface area contributed by atoms with Gasteiger partial charge in [0.25, 0.3) is 0 Å². The van der Waals surface area contributed by atoms with Crippen LogP contribution in [0.3, 0.4) is 0 Å². The number of rotatable bonds is 6. The highest BCUT2D eigenvalue weighted by Crippen LogP contribution is 2.34. The lowest BCUT2D eigenvalue weighted by Gasteiger charge is -2.43. The van der Waals surface area contributed by atoms with Gasteiger partial charge in [-0.25, -0.2) is 0 Å². The van der Waals surface area contributed by atoms with Crippen LogP contribution in [0.4, 0.5) is 0 Å². The fraction of sp³-hybridized carbons (Fsp3) is 1.00. The van der Waals surface area contributed by atoms with E-state index >= 15 is 0 Å². The van der Waals surface area contributed by atoms with E-state index in [-0.39, 0.29) is 6.10 Å². The number of β-amino-alcohol motifs (C(OH)–C–C–N with tert-alkyl or cyclic N) is 1. The molecule has 100 valence electrons. The zero-order valence-electron chi connectivity index (χ0n) is 11.0. The van der Waals surface area contributed by atoms with Crippen molar-refractivity contribution >= 4 is 0 Å². The first-order valence-electron chi connectivity index (χ1n) is 6.97. The zero-order chi connectivity index (χ0) is 12.1. The third-order valence-corrected chi connectivity index (χ3v) is 4.27. The second-order valence-electron chi connectivity index (χ2n) is 5.44. The molecule has 1 heterocycles. The Morgan fingerprint density at radius 1 is 1.35 bits per heavy atom. The predicted octanol–water partition coefficient (Wildman–Crippen LogP) is 0.602. The van der Waals surface area contributed by atoms with E-state index < -0.39 is 0 Å². The van der Waals surface area contributed by atoms with Gasteiger partial charge in [-0.1, -0.05) is 6.92 Å². The number of nitrogens with zero attached hydrogens (tertiary/aromatic N) is 1. The Hall–Kier alpha value is -0.160. The maximum Gasteiger partial charge on any atom is 0.0791 e. The van der Waals surface area contributed by atoms with Crippen LogP contribution in [0.2, 0.25) is 0 Å². The van der Waals surface area contributed by atoms with Gasteiger partial charge < -0.3 is 15.2 Å². The minimum Gasteiger partial charge on any atom is -0.390 e. The van der Waals surface area contributed by atoms with Crippen molar-refractivity contribution in [2.45, 2.75) is 44.2 Å². The van der Waals surface area contributed by atoms with E-state index in [0.717, 1.165) is 39.4 Å². The molecule has 2 rings (SSSR count). The van der Waals surface area contributed by atoms with Gasteiger partial charge in [0.05, 0.1) is 19.3 Å². The molecule has 0 radical (unpaired) electrons. The number of aliphatic hydroxyl groups excluding tert-OH is 1. The SMILES string of the molecule is CCC1(NCC(O)CN2CCOCC2)CCC1. The lowest BCUT2D eigenvalue weighted by molar-refractivity contribution is 0.0116. The quantitative estimate of drug-likeness (QED) is 0.716. The lowest BCUT2D eigenvalue weighted by Crippen LogP contribution is -2.54. The number of hydrogen-bond acceptors (Lipinski definition) is 4. The first-order chi connectivity index (χ1) is 8.24. The van der Waals surface area contributed by atoms with Crippen LogP contribution in [0.1, 0.15) is 32.6 Å². The maximum atomic E-state index is 10.0. The Kier molecular flexibility index (Phi) is 4.79. The first-order valence-corrected chi connectivity index (χ1v) is 6.97. The van der Waals surface area contributed by atoms with Crippen LogP contribution in [-0.2, 0) is 4.74 Å². The van der Waals surface area contributed by atoms with Gasteiger partial charge >= 0.3 is 0 Å². The van der Waals surface area contributed by atoms with E-state index in [1.165, 1.54) is 25.7 Å². The van der Waals surface area contributed by atoms with Gasteiger partial charge in [-0.15, -0.1) is 0 Å². The molecular weight excluding hydrogens is 216 g/mol. The van der Waals surface area contributed by atoms with Crippen molar-refractivity contribution in [1.82, 2.24) is 10.2 Å². The fourth-order valence-corrected chi connectivity index (χ4v) is 2.74. The Morgan fingerprint density at radius 3 is 2.59 bits per heavy atom. The Labute approximate surface area is 104 Å². The summed E-state index contributed by atoms with van der Waals surface area (Å²) in [4.78, 5) is 2.29. The molecule has 0 amide bonds. The molecular formula is C13H26N2O2. The number of aliphatic hydroxyl groups is 1. The number of nitrogens with one attached hydrogen (secondary N) is 1. The molecule has 1 saturated heterocycles. The summed E-state index contributed by atoms with van der Waals surface area (Å²) in [5.41, 5.74) is 0.339. The third-order valence-electron chi connectivity index (χ3n) is 4.27. The fourth-order valence-electron chi connectivity index (χ4n) is 2.74. The summed E-state index contributed by atoms with van der Waals surface area (Å²) in [6.07, 6.45) is 4.80. The molecule has 0 aromatic carbocycles. The molecule has 0 bridgehead atoms. The van der Waals surface area contributed by atoms with Crippen LogP contribution in [0.5, 0.6) is 0 Å². The summed E-state index contributed by atoms with van der Waals surface area (Å²) in [5.74, 6) is 0. The van der Waals surface area contributed by atoms with Crippen LogP contribution in [0.25, 0.3) is 0 Å². The van der Waals surface area contributed by atoms with E-state index in [2.05, 4.69) is 17.1 Å². The summed E-state index contributed by atoms with van der Waals surface area (Å²) in [5, 5.41) is 13.6. The molecule has 1 aliphatic heterocycles. The normalized spacial score (nSPS) is 26.5. The molecule has 1 unspecified atom stereocenters. The molecule has 0 spiro atoms. The zero-order valence-corrected chi connectivity index (χ0v) is 11.0. The molecule has 0 aromatic rings. The van der Waals surface area contributed by atoms with Crippen LogP contribution >= 0.6 is 0 Å². The first kappa shape index (κ1) is 13.3. The van der Waals surface area contributed by atoms with E-state index in [9.17, 15) is 5.11 Å². The highest BCUT2D eigenvalue weighted by Gasteiger charge is 2.34. The van der Waals surface area contributed by atoms with E-state index in [4.69, 9.17) is 4.74 Å². The van der Waals surface area contributed by atoms with Crippen molar-refractivity contribution in [3.63, 3.8) is 0 Å². The topological polar surface area (TPSA) is 44.7 Å². The summed E-state index contributed by atoms with van der Waals surface area (Å²) in [7, 11) is 0. The molecule has 4 heteroatoms. The standard InChI is InChI=1S/C13H26N2O2/c1-2-13(4-3-5-13)14-10-12(16)11-15-6-8-17-9-7-15/h12,14,16H,2-11H2,1H3. The molecule has 1 atom stereocenters. The summed E-state index contributed by atoms with van der Waals surface area (Å²) in [6, 6.07) is 0. The highest BCUT2D eigenvalue weighted by molar-refractivity contribution is 4.95. The van der Waals surface area contributed by atoms with E-state index in [1.54, 1.807) is 0 Å². The van der Waals surface area contributed by atoms with Crippen molar-refractivity contribution in [1.29, 1.82) is 0 Å². The second kappa shape index (κ2) is 6.14. The molecule has 1 aliphatic carbocycles. The molecule has 4 nitrogen and oxygen atoms in total. The number of ether oxygens (including phenoxy) is 1. The second-order valence-corrected chi connectivity index (χ2v) is 5.44. The molecule has 0 aromatic heterocycles. The maximum absolute atomic E-state index is 10.0. The highest BCUT2D eigenvalue weighted by atomic mass is 16.5. The van der Waals surface area contributed by atoms with Crippen LogP contribution in [0, 0.1) is 0 Å². The number of hydrogen-bond donors (Lipinski definition) is 2. The van der Waals surface area contributed by atoms with Gasteiger partial charge in [-0.05, 0) is 25.7 Å². The number of morpholine rings is 1. The Balaban J connectivity index is 1.64. The third kappa shape index (κ3) is 3.65. The lowest BCUT2D eigenvalue weighted by atomic mass is 9.75. The van der Waals surface area contributed by atoms with Gasteiger partial charge in [0.1, 0.15) is 0 Å². The molecule has 17 heavy (non-hydrogen) atoms. The monoisotopic (exact) mass is 242 g/mol. The summed E-state index contributed by atoms with van der Waals surface area (Å²) < 4.78 is 5.30. The van der Waals surface area contributed by atoms with Gasteiger partial charge in [0.15, 0.2) is 0 Å². The van der Waals surface area contributed by atoms with Gasteiger partial charge in [-0.3, -0.25) is 4.90 Å². The van der Waals surface area contributed by atoms with E-state index in [0.29, 0.717) is 5.54 Å². The average molecular weight is 242 g/mol. The Bertz CT molecular complexity index is 220. The van der Waals surface area contributed by atoms with Crippen molar-refractivity contribution < 1.29 is 9.84 Å². The van der Waals surface area contributed by atoms with E-state index in [1.807, 2.05) is 0 Å². The largest absolute Gasteiger partial charge is 0.390 e.